The van der Waals surface area contributed by atoms with E-state index in [1.165, 1.54) is 27.5 Å². The van der Waals surface area contributed by atoms with E-state index in [2.05, 4.69) is 94.5 Å². The molecule has 6 heteroatoms. The summed E-state index contributed by atoms with van der Waals surface area (Å²) < 4.78 is 0.491. The fourth-order valence-corrected chi connectivity index (χ4v) is 4.79. The molecule has 2 unspecified atom stereocenters. The van der Waals surface area contributed by atoms with Crippen molar-refractivity contribution in [3.63, 3.8) is 0 Å². The maximum Gasteiger partial charge on any atom is -0.0809 e. The minimum absolute atomic E-state index is 0. The number of fused-ring (bicyclic) bond motifs is 4. The van der Waals surface area contributed by atoms with Crippen LogP contribution in [-0.4, -0.2) is 4.16 Å². The van der Waals surface area contributed by atoms with Gasteiger partial charge in [0.25, 0.3) is 0 Å². The van der Waals surface area contributed by atoms with Gasteiger partial charge in [-0.1, -0.05) is 63.5 Å². The average Bonchev–Trinajstić information content (AvgIpc) is 3.33. The zero-order valence-electron chi connectivity index (χ0n) is 13.6. The van der Waals surface area contributed by atoms with Crippen LogP contribution in [0.2, 0.25) is 0 Å². The number of hydrogen-bond donors (Lipinski definition) is 0. The topological polar surface area (TPSA) is 0 Å². The summed E-state index contributed by atoms with van der Waals surface area (Å²) in [5, 5.41) is 2.66. The third-order valence-corrected chi connectivity index (χ3v) is 6.27. The first-order valence-electron chi connectivity index (χ1n) is 7.74. The molecule has 26 heavy (non-hydrogen) atoms. The van der Waals surface area contributed by atoms with Crippen molar-refractivity contribution >= 4 is 75.1 Å². The molecule has 0 nitrogen and oxygen atoms in total. The molecule has 0 amide bonds. The molecule has 0 spiro atoms. The van der Waals surface area contributed by atoms with Gasteiger partial charge in [-0.2, -0.15) is 17.5 Å². The number of alkyl halides is 1. The van der Waals surface area contributed by atoms with Crippen LogP contribution in [0.25, 0.3) is 16.8 Å². The maximum absolute atomic E-state index is 4.93. The van der Waals surface area contributed by atoms with E-state index in [0.717, 1.165) is 0 Å². The van der Waals surface area contributed by atoms with Gasteiger partial charge in [-0.15, -0.1) is 35.6 Å². The Hall–Kier alpha value is 0.433. The number of thiol groups is 1. The first-order valence-corrected chi connectivity index (χ1v) is 15.9. The van der Waals surface area contributed by atoms with Crippen molar-refractivity contribution in [3.8, 4) is 0 Å². The second kappa shape index (κ2) is 11.4. The summed E-state index contributed by atoms with van der Waals surface area (Å²) in [6.07, 6.45) is 2.32. The number of thioether (sulfide) groups is 1. The molecule has 0 saturated carbocycles. The number of benzene rings is 2. The third kappa shape index (κ3) is 5.49. The zero-order valence-corrected chi connectivity index (χ0v) is 20.9. The Bertz CT molecular complexity index is 835. The van der Waals surface area contributed by atoms with Crippen molar-refractivity contribution in [1.82, 2.24) is 0 Å². The standard InChI is InChI=1S/C11H8BrS.C9H7.2ClH.H2S.Zr/c12-11-9-5-7-3-1-2-4-8(7)10(9)6-13-11;1-2-5-9-7-3-6-8(9)4-1;;;;/h1-6,10-11H;1-7H;2*1H;1H2;/q2*-1;;;;+2/p-3. The largest absolute Gasteiger partial charge is 0.813 e. The van der Waals surface area contributed by atoms with Crippen molar-refractivity contribution in [3.05, 3.63) is 89.2 Å². The predicted octanol–water partition coefficient (Wildman–Crippen LogP) is 7.46. The molecular formula is C20H16BrCl2S2Zr-3. The summed E-state index contributed by atoms with van der Waals surface area (Å²) in [5.41, 5.74) is 4.36. The molecule has 1 aliphatic carbocycles. The smallest absolute Gasteiger partial charge is 0.0809 e. The van der Waals surface area contributed by atoms with Crippen LogP contribution in [0.5, 0.6) is 0 Å². The van der Waals surface area contributed by atoms with Crippen molar-refractivity contribution in [2.24, 2.45) is 0 Å². The summed E-state index contributed by atoms with van der Waals surface area (Å²) in [6, 6.07) is 23.3. The molecule has 0 N–H and O–H groups in total. The van der Waals surface area contributed by atoms with E-state index in [1.54, 1.807) is 0 Å². The third-order valence-electron chi connectivity index (χ3n) is 4.16. The van der Waals surface area contributed by atoms with Gasteiger partial charge in [-0.3, -0.25) is 5.75 Å². The molecule has 2 aliphatic rings. The van der Waals surface area contributed by atoms with E-state index >= 15 is 0 Å². The van der Waals surface area contributed by atoms with Gasteiger partial charge in [-0.25, -0.2) is 0 Å². The number of rotatable bonds is 0. The molecule has 0 aromatic heterocycles. The van der Waals surface area contributed by atoms with Gasteiger partial charge in [-0.05, 0) is 5.56 Å². The van der Waals surface area contributed by atoms with Gasteiger partial charge in [0.2, 0.25) is 0 Å². The maximum atomic E-state index is 4.93. The number of hydrogen-bond acceptors (Lipinski definition) is 2. The minimum atomic E-state index is -0.826. The van der Waals surface area contributed by atoms with Crippen molar-refractivity contribution in [2.75, 3.05) is 0 Å². The molecule has 1 saturated heterocycles. The molecule has 136 valence electrons. The van der Waals surface area contributed by atoms with Crippen LogP contribution in [0.3, 0.4) is 0 Å². The Kier molecular flexibility index (Phi) is 10.00. The Morgan fingerprint density at radius 3 is 2.46 bits per heavy atom. The summed E-state index contributed by atoms with van der Waals surface area (Å²) in [7, 11) is 9.87. The zero-order chi connectivity index (χ0) is 17.6. The Morgan fingerprint density at radius 1 is 1.00 bits per heavy atom. The van der Waals surface area contributed by atoms with Gasteiger partial charge < -0.3 is 25.3 Å². The van der Waals surface area contributed by atoms with Gasteiger partial charge >= 0.3 is 37.9 Å². The molecule has 1 fully saturated rings. The van der Waals surface area contributed by atoms with Gasteiger partial charge in [0.05, 0.1) is 4.16 Å². The fourth-order valence-electron chi connectivity index (χ4n) is 3.03. The van der Waals surface area contributed by atoms with E-state index in [0.29, 0.717) is 10.1 Å². The average molecular weight is 563 g/mol. The van der Waals surface area contributed by atoms with Crippen LogP contribution in [0.15, 0.2) is 72.3 Å². The minimum Gasteiger partial charge on any atom is -0.813 e. The van der Waals surface area contributed by atoms with E-state index in [-0.39, 0.29) is 13.5 Å². The van der Waals surface area contributed by atoms with E-state index < -0.39 is 20.8 Å². The van der Waals surface area contributed by atoms with Gasteiger partial charge in [0.1, 0.15) is 0 Å². The Labute approximate surface area is 193 Å². The molecule has 2 atom stereocenters. The molecule has 0 bridgehead atoms. The van der Waals surface area contributed by atoms with Crippen LogP contribution in [0.4, 0.5) is 0 Å². The van der Waals surface area contributed by atoms with E-state index in [9.17, 15) is 0 Å². The van der Waals surface area contributed by atoms with Crippen molar-refractivity contribution < 1.29 is 20.8 Å². The number of halogens is 3. The van der Waals surface area contributed by atoms with Gasteiger partial charge in [0.15, 0.2) is 0 Å². The van der Waals surface area contributed by atoms with Crippen LogP contribution in [0.1, 0.15) is 17.0 Å². The first-order chi connectivity index (χ1) is 12.2. The molecule has 3 aromatic carbocycles. The predicted molar refractivity (Wildman–Crippen MR) is 122 cm³/mol. The SMILES string of the molecule is BrC1S[CH-]C2C1=Cc1ccccc12.[Cl][Zr][Cl].[SH-].c1ccc2[cH-]ccc2c1. The van der Waals surface area contributed by atoms with Crippen LogP contribution in [-0.2, 0) is 34.3 Å². The summed E-state index contributed by atoms with van der Waals surface area (Å²) >= 11 is 4.72. The van der Waals surface area contributed by atoms with Crippen molar-refractivity contribution in [1.29, 1.82) is 0 Å². The second-order valence-electron chi connectivity index (χ2n) is 5.57. The molecule has 3 aromatic rings. The van der Waals surface area contributed by atoms with Crippen LogP contribution in [0, 0.1) is 5.75 Å². The summed E-state index contributed by atoms with van der Waals surface area (Å²) in [6.45, 7) is 0. The fraction of sp³-hybridized carbons (Fsp3) is 0.100. The van der Waals surface area contributed by atoms with E-state index in [1.807, 2.05) is 11.8 Å². The summed E-state index contributed by atoms with van der Waals surface area (Å²) in [4.78, 5) is 0. The second-order valence-corrected chi connectivity index (χ2v) is 11.8. The molecule has 5 rings (SSSR count). The van der Waals surface area contributed by atoms with Gasteiger partial charge in [0, 0.05) is 0 Å². The molecular weight excluding hydrogens is 546 g/mol. The molecule has 1 heterocycles. The molecule has 1 aliphatic heterocycles. The first kappa shape index (κ1) is 22.7. The molecule has 0 radical (unpaired) electrons. The normalized spacial score (nSPS) is 19.0. The monoisotopic (exact) mass is 559 g/mol. The Morgan fingerprint density at radius 2 is 1.69 bits per heavy atom. The summed E-state index contributed by atoms with van der Waals surface area (Å²) in [5.74, 6) is 2.89. The van der Waals surface area contributed by atoms with Crippen LogP contribution < -0.4 is 0 Å². The van der Waals surface area contributed by atoms with Crippen LogP contribution >= 0.6 is 44.7 Å². The Balaban J connectivity index is 0.000000165. The van der Waals surface area contributed by atoms with E-state index in [4.69, 9.17) is 17.0 Å². The van der Waals surface area contributed by atoms with Crippen molar-refractivity contribution in [2.45, 2.75) is 10.1 Å². The quantitative estimate of drug-likeness (QED) is 0.121.